The Labute approximate surface area is 110 Å². The number of fused-ring (bicyclic) bond motifs is 2. The highest BCUT2D eigenvalue weighted by Crippen LogP contribution is 2.44. The Morgan fingerprint density at radius 1 is 1.00 bits per heavy atom. The number of hydrogen-bond donors (Lipinski definition) is 0. The number of nitrogens with zero attached hydrogens (tertiary/aromatic N) is 2. The lowest BCUT2D eigenvalue weighted by Crippen LogP contribution is -2.66. The molecule has 0 aromatic rings. The highest BCUT2D eigenvalue weighted by Gasteiger charge is 2.50. The van der Waals surface area contributed by atoms with Crippen molar-refractivity contribution < 1.29 is 4.79 Å². The van der Waals surface area contributed by atoms with Crippen LogP contribution in [0.25, 0.3) is 0 Å². The van der Waals surface area contributed by atoms with E-state index in [1.165, 1.54) is 45.2 Å². The number of amides is 1. The zero-order valence-electron chi connectivity index (χ0n) is 11.2. The highest BCUT2D eigenvalue weighted by molar-refractivity contribution is 5.77. The second kappa shape index (κ2) is 4.22. The van der Waals surface area contributed by atoms with Crippen molar-refractivity contribution in [1.82, 2.24) is 9.80 Å². The summed E-state index contributed by atoms with van der Waals surface area (Å²) in [5.74, 6) is 2.02. The second-order valence-electron chi connectivity index (χ2n) is 6.74. The highest BCUT2D eigenvalue weighted by atomic mass is 16.2. The van der Waals surface area contributed by atoms with E-state index < -0.39 is 0 Å². The summed E-state index contributed by atoms with van der Waals surface area (Å²) in [6.07, 6.45) is 8.64. The monoisotopic (exact) mass is 248 g/mol. The van der Waals surface area contributed by atoms with Crippen LogP contribution in [0, 0.1) is 11.8 Å². The van der Waals surface area contributed by atoms with Gasteiger partial charge in [0.1, 0.15) is 0 Å². The van der Waals surface area contributed by atoms with E-state index in [-0.39, 0.29) is 0 Å². The molecular formula is C15H24N2O. The molecule has 4 fully saturated rings. The predicted molar refractivity (Wildman–Crippen MR) is 70.2 cm³/mol. The molecule has 4 aliphatic heterocycles. The molecule has 4 aliphatic rings. The van der Waals surface area contributed by atoms with Gasteiger partial charge in [-0.25, -0.2) is 0 Å². The molecule has 0 aromatic heterocycles. The van der Waals surface area contributed by atoms with Crippen molar-refractivity contribution >= 4 is 5.91 Å². The summed E-state index contributed by atoms with van der Waals surface area (Å²) in [6.45, 7) is 3.71. The van der Waals surface area contributed by atoms with Gasteiger partial charge < -0.3 is 4.90 Å². The summed E-state index contributed by atoms with van der Waals surface area (Å²) in [5.41, 5.74) is 0. The van der Waals surface area contributed by atoms with Crippen LogP contribution in [0.4, 0.5) is 0 Å². The van der Waals surface area contributed by atoms with Crippen molar-refractivity contribution in [3.63, 3.8) is 0 Å². The zero-order chi connectivity index (χ0) is 12.1. The van der Waals surface area contributed by atoms with E-state index >= 15 is 0 Å². The van der Waals surface area contributed by atoms with E-state index in [1.807, 2.05) is 0 Å². The van der Waals surface area contributed by atoms with Crippen LogP contribution >= 0.6 is 0 Å². The van der Waals surface area contributed by atoms with Crippen LogP contribution in [0.3, 0.4) is 0 Å². The lowest BCUT2D eigenvalue weighted by molar-refractivity contribution is -0.150. The molecule has 4 atom stereocenters. The first kappa shape index (κ1) is 11.3. The topological polar surface area (TPSA) is 23.6 Å². The SMILES string of the molecule is O=C1CCC[C@H]2[C@@H]3CCCN4CCC[C@H](CN12)[C@@H]34. The summed E-state index contributed by atoms with van der Waals surface area (Å²) in [7, 11) is 0. The van der Waals surface area contributed by atoms with E-state index in [9.17, 15) is 4.79 Å². The average Bonchev–Trinajstić information content (AvgIpc) is 2.41. The first-order chi connectivity index (χ1) is 8.84. The van der Waals surface area contributed by atoms with Gasteiger partial charge in [-0.3, -0.25) is 9.69 Å². The fourth-order valence-electron chi connectivity index (χ4n) is 5.26. The Morgan fingerprint density at radius 2 is 1.83 bits per heavy atom. The van der Waals surface area contributed by atoms with E-state index in [1.54, 1.807) is 0 Å². The molecule has 0 radical (unpaired) electrons. The van der Waals surface area contributed by atoms with Crippen LogP contribution in [0.15, 0.2) is 0 Å². The molecule has 3 nitrogen and oxygen atoms in total. The van der Waals surface area contributed by atoms with E-state index in [0.29, 0.717) is 11.9 Å². The van der Waals surface area contributed by atoms with Gasteiger partial charge in [-0.05, 0) is 63.5 Å². The van der Waals surface area contributed by atoms with Crippen molar-refractivity contribution in [2.75, 3.05) is 19.6 Å². The smallest absolute Gasteiger partial charge is 0.222 e. The van der Waals surface area contributed by atoms with Crippen LogP contribution < -0.4 is 0 Å². The largest absolute Gasteiger partial charge is 0.339 e. The van der Waals surface area contributed by atoms with Crippen LogP contribution in [-0.2, 0) is 4.79 Å². The van der Waals surface area contributed by atoms with E-state index in [0.717, 1.165) is 37.3 Å². The fourth-order valence-corrected chi connectivity index (χ4v) is 5.26. The summed E-state index contributed by atoms with van der Waals surface area (Å²) < 4.78 is 0. The summed E-state index contributed by atoms with van der Waals surface area (Å²) >= 11 is 0. The molecule has 0 saturated carbocycles. The Bertz CT molecular complexity index is 354. The minimum absolute atomic E-state index is 0.451. The lowest BCUT2D eigenvalue weighted by Gasteiger charge is -2.58. The molecule has 0 aromatic carbocycles. The van der Waals surface area contributed by atoms with Gasteiger partial charge in [-0.2, -0.15) is 0 Å². The van der Waals surface area contributed by atoms with Gasteiger partial charge in [0.05, 0.1) is 0 Å². The molecule has 18 heavy (non-hydrogen) atoms. The first-order valence-corrected chi connectivity index (χ1v) is 7.88. The molecule has 3 heteroatoms. The molecule has 0 bridgehead atoms. The van der Waals surface area contributed by atoms with Crippen LogP contribution in [-0.4, -0.2) is 47.4 Å². The fraction of sp³-hybridized carbons (Fsp3) is 0.933. The molecule has 0 N–H and O–H groups in total. The maximum absolute atomic E-state index is 12.2. The van der Waals surface area contributed by atoms with Gasteiger partial charge in [0.2, 0.25) is 5.91 Å². The molecular weight excluding hydrogens is 224 g/mol. The number of hydrogen-bond acceptors (Lipinski definition) is 2. The van der Waals surface area contributed by atoms with Gasteiger partial charge in [-0.15, -0.1) is 0 Å². The van der Waals surface area contributed by atoms with Gasteiger partial charge >= 0.3 is 0 Å². The molecule has 100 valence electrons. The Morgan fingerprint density at radius 3 is 2.72 bits per heavy atom. The Balaban J connectivity index is 1.66. The molecule has 0 unspecified atom stereocenters. The summed E-state index contributed by atoms with van der Waals surface area (Å²) in [6, 6.07) is 1.41. The lowest BCUT2D eigenvalue weighted by atomic mass is 9.68. The molecule has 1 amide bonds. The van der Waals surface area contributed by atoms with Crippen molar-refractivity contribution in [2.45, 2.75) is 57.0 Å². The quantitative estimate of drug-likeness (QED) is 0.653. The summed E-state index contributed by atoms with van der Waals surface area (Å²) in [5, 5.41) is 0. The van der Waals surface area contributed by atoms with Gasteiger partial charge in [0.25, 0.3) is 0 Å². The maximum atomic E-state index is 12.2. The average molecular weight is 248 g/mol. The number of carbonyl (C=O) groups is 1. The Kier molecular flexibility index (Phi) is 2.65. The van der Waals surface area contributed by atoms with Gasteiger partial charge in [0.15, 0.2) is 0 Å². The molecule has 0 aliphatic carbocycles. The van der Waals surface area contributed by atoms with Crippen LogP contribution in [0.2, 0.25) is 0 Å². The van der Waals surface area contributed by atoms with Gasteiger partial charge in [-0.1, -0.05) is 0 Å². The molecule has 4 rings (SSSR count). The number of carbonyl (C=O) groups excluding carboxylic acids is 1. The third-order valence-corrected chi connectivity index (χ3v) is 5.88. The molecule has 4 heterocycles. The molecule has 4 saturated heterocycles. The normalized spacial score (nSPS) is 44.4. The van der Waals surface area contributed by atoms with Crippen LogP contribution in [0.5, 0.6) is 0 Å². The van der Waals surface area contributed by atoms with Crippen molar-refractivity contribution in [3.05, 3.63) is 0 Å². The first-order valence-electron chi connectivity index (χ1n) is 7.88. The molecule has 0 spiro atoms. The maximum Gasteiger partial charge on any atom is 0.222 e. The van der Waals surface area contributed by atoms with Crippen LogP contribution in [0.1, 0.15) is 44.9 Å². The third-order valence-electron chi connectivity index (χ3n) is 5.88. The standard InChI is InChI=1S/C15H24N2O/c18-14-7-1-6-13-12-5-3-9-16-8-2-4-11(15(12)16)10-17(13)14/h11-13,15H,1-10H2/t11-,12+,13+,15+/m1/s1. The van der Waals surface area contributed by atoms with E-state index in [4.69, 9.17) is 0 Å². The van der Waals surface area contributed by atoms with Gasteiger partial charge in [0, 0.05) is 25.0 Å². The predicted octanol–water partition coefficient (Wildman–Crippen LogP) is 1.87. The van der Waals surface area contributed by atoms with E-state index in [2.05, 4.69) is 9.80 Å². The third kappa shape index (κ3) is 1.56. The minimum atomic E-state index is 0.451. The van der Waals surface area contributed by atoms with Crippen molar-refractivity contribution in [1.29, 1.82) is 0 Å². The minimum Gasteiger partial charge on any atom is -0.339 e. The number of rotatable bonds is 0. The van der Waals surface area contributed by atoms with Crippen molar-refractivity contribution in [2.24, 2.45) is 11.8 Å². The number of piperidine rings is 4. The summed E-state index contributed by atoms with van der Waals surface area (Å²) in [4.78, 5) is 17.2. The Hall–Kier alpha value is -0.570. The zero-order valence-corrected chi connectivity index (χ0v) is 11.2. The van der Waals surface area contributed by atoms with Crippen molar-refractivity contribution in [3.8, 4) is 0 Å². The second-order valence-corrected chi connectivity index (χ2v) is 6.74.